The van der Waals surface area contributed by atoms with Gasteiger partial charge < -0.3 is 5.73 Å². The van der Waals surface area contributed by atoms with Crippen LogP contribution < -0.4 is 5.73 Å². The second-order valence-electron chi connectivity index (χ2n) is 3.79. The van der Waals surface area contributed by atoms with E-state index in [0.717, 1.165) is 23.4 Å². The Bertz CT molecular complexity index is 341. The maximum absolute atomic E-state index is 11.6. The lowest BCUT2D eigenvalue weighted by Gasteiger charge is -2.04. The number of rotatable bonds is 3. The number of carbonyl (C=O) groups excluding carboxylic acids is 1. The molecule has 1 saturated carbocycles. The SMILES string of the molecule is Cc1cc(C(=O)CC2(N)CC2)sn1. The van der Waals surface area contributed by atoms with Gasteiger partial charge in [0.2, 0.25) is 0 Å². The van der Waals surface area contributed by atoms with E-state index in [2.05, 4.69) is 4.37 Å². The summed E-state index contributed by atoms with van der Waals surface area (Å²) in [6.45, 7) is 1.89. The molecule has 0 bridgehead atoms. The van der Waals surface area contributed by atoms with Gasteiger partial charge in [0, 0.05) is 12.0 Å². The topological polar surface area (TPSA) is 56.0 Å². The third-order valence-corrected chi connectivity index (χ3v) is 3.23. The Morgan fingerprint density at radius 2 is 2.46 bits per heavy atom. The van der Waals surface area contributed by atoms with Gasteiger partial charge in [-0.3, -0.25) is 4.79 Å². The second-order valence-corrected chi connectivity index (χ2v) is 4.60. The van der Waals surface area contributed by atoms with Crippen LogP contribution >= 0.6 is 11.5 Å². The van der Waals surface area contributed by atoms with Crippen molar-refractivity contribution in [3.63, 3.8) is 0 Å². The van der Waals surface area contributed by atoms with Crippen molar-refractivity contribution in [3.05, 3.63) is 16.6 Å². The Morgan fingerprint density at radius 3 is 2.92 bits per heavy atom. The predicted octanol–water partition coefficient (Wildman–Crippen LogP) is 1.52. The zero-order valence-corrected chi connectivity index (χ0v) is 8.36. The summed E-state index contributed by atoms with van der Waals surface area (Å²) < 4.78 is 4.07. The number of ketones is 1. The maximum atomic E-state index is 11.6. The van der Waals surface area contributed by atoms with Crippen LogP contribution in [0.25, 0.3) is 0 Å². The molecular weight excluding hydrogens is 184 g/mol. The van der Waals surface area contributed by atoms with E-state index in [1.807, 2.05) is 13.0 Å². The number of aryl methyl sites for hydroxylation is 1. The third kappa shape index (κ3) is 1.95. The molecule has 3 nitrogen and oxygen atoms in total. The lowest BCUT2D eigenvalue weighted by Crippen LogP contribution is -2.25. The Morgan fingerprint density at radius 1 is 1.77 bits per heavy atom. The van der Waals surface area contributed by atoms with Gasteiger partial charge in [0.1, 0.15) is 0 Å². The summed E-state index contributed by atoms with van der Waals surface area (Å²) >= 11 is 1.27. The largest absolute Gasteiger partial charge is 0.325 e. The summed E-state index contributed by atoms with van der Waals surface area (Å²) in [5.41, 5.74) is 6.58. The van der Waals surface area contributed by atoms with Crippen molar-refractivity contribution >= 4 is 17.3 Å². The van der Waals surface area contributed by atoms with Crippen LogP contribution in [0.15, 0.2) is 6.07 Å². The fraction of sp³-hybridized carbons (Fsp3) is 0.556. The normalized spacial score (nSPS) is 18.6. The molecule has 0 amide bonds. The molecule has 0 aromatic carbocycles. The molecule has 0 spiro atoms. The van der Waals surface area contributed by atoms with Gasteiger partial charge in [-0.15, -0.1) is 0 Å². The standard InChI is InChI=1S/C9H12N2OS/c1-6-4-8(13-11-6)7(12)5-9(10)2-3-9/h4H,2-3,5,10H2,1H3. The maximum Gasteiger partial charge on any atom is 0.176 e. The summed E-state index contributed by atoms with van der Waals surface area (Å²) in [4.78, 5) is 12.3. The first-order chi connectivity index (χ1) is 6.09. The van der Waals surface area contributed by atoms with Crippen LogP contribution in [0.4, 0.5) is 0 Å². The fourth-order valence-corrected chi connectivity index (χ4v) is 1.93. The molecule has 2 N–H and O–H groups in total. The summed E-state index contributed by atoms with van der Waals surface area (Å²) in [7, 11) is 0. The number of hydrogen-bond acceptors (Lipinski definition) is 4. The monoisotopic (exact) mass is 196 g/mol. The molecule has 0 unspecified atom stereocenters. The van der Waals surface area contributed by atoms with Crippen LogP contribution in [-0.2, 0) is 0 Å². The quantitative estimate of drug-likeness (QED) is 0.746. The van der Waals surface area contributed by atoms with E-state index >= 15 is 0 Å². The van der Waals surface area contributed by atoms with Crippen LogP contribution in [0.2, 0.25) is 0 Å². The molecule has 1 fully saturated rings. The van der Waals surface area contributed by atoms with Crippen molar-refractivity contribution in [2.75, 3.05) is 0 Å². The van der Waals surface area contributed by atoms with Gasteiger partial charge in [0.25, 0.3) is 0 Å². The Hall–Kier alpha value is -0.740. The number of hydrogen-bond donors (Lipinski definition) is 1. The van der Waals surface area contributed by atoms with Gasteiger partial charge in [0.05, 0.1) is 10.6 Å². The summed E-state index contributed by atoms with van der Waals surface area (Å²) in [6, 6.07) is 1.83. The Kier molecular flexibility index (Phi) is 1.96. The van der Waals surface area contributed by atoms with Crippen molar-refractivity contribution in [2.45, 2.75) is 31.7 Å². The molecule has 1 aliphatic carbocycles. The molecule has 2 rings (SSSR count). The second kappa shape index (κ2) is 2.89. The summed E-state index contributed by atoms with van der Waals surface area (Å²) in [5, 5.41) is 0. The number of nitrogens with zero attached hydrogens (tertiary/aromatic N) is 1. The van der Waals surface area contributed by atoms with Gasteiger partial charge in [0.15, 0.2) is 5.78 Å². The van der Waals surface area contributed by atoms with Crippen LogP contribution in [0.5, 0.6) is 0 Å². The zero-order valence-electron chi connectivity index (χ0n) is 7.54. The highest BCUT2D eigenvalue weighted by molar-refractivity contribution is 7.08. The van der Waals surface area contributed by atoms with E-state index in [4.69, 9.17) is 5.73 Å². The molecule has 1 aromatic rings. The van der Waals surface area contributed by atoms with Gasteiger partial charge >= 0.3 is 0 Å². The first-order valence-electron chi connectivity index (χ1n) is 4.34. The van der Waals surface area contributed by atoms with Crippen LogP contribution in [-0.4, -0.2) is 15.7 Å². The third-order valence-electron chi connectivity index (χ3n) is 2.31. The van der Waals surface area contributed by atoms with Gasteiger partial charge in [-0.1, -0.05) is 0 Å². The van der Waals surface area contributed by atoms with Crippen molar-refractivity contribution in [1.82, 2.24) is 4.37 Å². The van der Waals surface area contributed by atoms with E-state index in [9.17, 15) is 4.79 Å². The van der Waals surface area contributed by atoms with E-state index in [1.165, 1.54) is 11.5 Å². The van der Waals surface area contributed by atoms with E-state index in [0.29, 0.717) is 6.42 Å². The van der Waals surface area contributed by atoms with Gasteiger partial charge in [-0.05, 0) is 37.4 Å². The molecule has 13 heavy (non-hydrogen) atoms. The first-order valence-corrected chi connectivity index (χ1v) is 5.12. The van der Waals surface area contributed by atoms with Crippen molar-refractivity contribution in [3.8, 4) is 0 Å². The van der Waals surface area contributed by atoms with E-state index < -0.39 is 0 Å². The van der Waals surface area contributed by atoms with Crippen molar-refractivity contribution in [2.24, 2.45) is 5.73 Å². The molecule has 1 heterocycles. The molecule has 0 saturated heterocycles. The molecule has 0 atom stereocenters. The highest BCUT2D eigenvalue weighted by atomic mass is 32.1. The molecule has 4 heteroatoms. The number of carbonyl (C=O) groups is 1. The van der Waals surface area contributed by atoms with Gasteiger partial charge in [-0.25, -0.2) is 0 Å². The van der Waals surface area contributed by atoms with Gasteiger partial charge in [-0.2, -0.15) is 4.37 Å². The van der Waals surface area contributed by atoms with E-state index in [-0.39, 0.29) is 11.3 Å². The van der Waals surface area contributed by atoms with Crippen LogP contribution in [0.1, 0.15) is 34.6 Å². The Labute approximate surface area is 81.1 Å². The van der Waals surface area contributed by atoms with Crippen molar-refractivity contribution in [1.29, 1.82) is 0 Å². The number of nitrogens with two attached hydrogens (primary N) is 1. The predicted molar refractivity (Wildman–Crippen MR) is 52.0 cm³/mol. The minimum absolute atomic E-state index is 0.144. The molecule has 0 aliphatic heterocycles. The average molecular weight is 196 g/mol. The molecular formula is C9H12N2OS. The van der Waals surface area contributed by atoms with Crippen molar-refractivity contribution < 1.29 is 4.79 Å². The minimum Gasteiger partial charge on any atom is -0.325 e. The first kappa shape index (κ1) is 8.84. The highest BCUT2D eigenvalue weighted by Gasteiger charge is 2.40. The lowest BCUT2D eigenvalue weighted by molar-refractivity contribution is 0.0975. The minimum atomic E-state index is -0.186. The van der Waals surface area contributed by atoms with Crippen LogP contribution in [0, 0.1) is 6.92 Å². The molecule has 0 radical (unpaired) electrons. The smallest absolute Gasteiger partial charge is 0.176 e. The molecule has 1 aromatic heterocycles. The fourth-order valence-electron chi connectivity index (χ4n) is 1.24. The summed E-state index contributed by atoms with van der Waals surface area (Å²) in [5.74, 6) is 0.144. The highest BCUT2D eigenvalue weighted by Crippen LogP contribution is 2.36. The average Bonchev–Trinajstić information content (AvgIpc) is 2.62. The molecule has 70 valence electrons. The number of Topliss-reactive ketones (excluding diaryl/α,β-unsaturated/α-hetero) is 1. The van der Waals surface area contributed by atoms with Crippen LogP contribution in [0.3, 0.4) is 0 Å². The lowest BCUT2D eigenvalue weighted by atomic mass is 10.1. The molecule has 1 aliphatic rings. The Balaban J connectivity index is 2.05. The number of aromatic nitrogens is 1. The van der Waals surface area contributed by atoms with E-state index in [1.54, 1.807) is 0 Å². The zero-order chi connectivity index (χ0) is 9.47. The summed E-state index contributed by atoms with van der Waals surface area (Å²) in [6.07, 6.45) is 2.45.